The van der Waals surface area contributed by atoms with E-state index < -0.39 is 11.6 Å². The molecule has 0 amide bonds. The maximum absolute atomic E-state index is 14.6. The first-order valence-electron chi connectivity index (χ1n) is 23.5. The van der Waals surface area contributed by atoms with Crippen LogP contribution in [0.5, 0.6) is 11.5 Å². The molecule has 9 aromatic rings. The number of halogens is 2. The lowest BCUT2D eigenvalue weighted by Gasteiger charge is -2.30. The number of aromatic nitrogens is 2. The van der Waals surface area contributed by atoms with Crippen LogP contribution in [0.3, 0.4) is 0 Å². The van der Waals surface area contributed by atoms with Crippen LogP contribution < -0.4 is 14.5 Å². The van der Waals surface area contributed by atoms with Crippen molar-refractivity contribution in [3.05, 3.63) is 192 Å². The first-order valence-corrected chi connectivity index (χ1v) is 23.5. The van der Waals surface area contributed by atoms with Crippen LogP contribution in [0, 0.1) is 11.6 Å². The summed E-state index contributed by atoms with van der Waals surface area (Å²) in [4.78, 5) is 9.57. The second-order valence-corrected chi connectivity index (χ2v) is 19.2. The topological polar surface area (TPSA) is 33.5 Å². The van der Waals surface area contributed by atoms with Gasteiger partial charge in [-0.25, -0.2) is 13.8 Å². The molecule has 0 unspecified atom stereocenters. The summed E-state index contributed by atoms with van der Waals surface area (Å²) >= 11 is 0. The standard InChI is InChI=1S/C60H56F2N4O/c1-36(2)40-20-22-49(52(29-40)37(3)4)43-27-46(33-48(28-43)67-47-21-23-51-50-15-9-10-16-55(50)66(58(51)34-47)59-19-13-14-24-63-59)64-35-65(57-18-12-11-17-56(57)64)60-53(38(5)6)30-42(31-54(60)39(7)8)41-25-44(61)32-45(62)26-41/h9-34,36-39H,35H2,1-8H3. The maximum atomic E-state index is 14.6. The van der Waals surface area contributed by atoms with Gasteiger partial charge >= 0.3 is 0 Å². The van der Waals surface area contributed by atoms with Crippen molar-refractivity contribution < 1.29 is 13.5 Å². The van der Waals surface area contributed by atoms with E-state index in [0.717, 1.165) is 90.2 Å². The second-order valence-electron chi connectivity index (χ2n) is 19.2. The molecule has 0 spiro atoms. The first kappa shape index (κ1) is 43.6. The summed E-state index contributed by atoms with van der Waals surface area (Å²) in [5, 5.41) is 2.28. The van der Waals surface area contributed by atoms with Gasteiger partial charge in [-0.15, -0.1) is 0 Å². The Hall–Kier alpha value is -7.25. The largest absolute Gasteiger partial charge is 0.457 e. The van der Waals surface area contributed by atoms with Crippen LogP contribution >= 0.6 is 0 Å². The van der Waals surface area contributed by atoms with Crippen LogP contribution in [0.25, 0.3) is 49.9 Å². The fraction of sp³-hybridized carbons (Fsp3) is 0.217. The third kappa shape index (κ3) is 8.11. The summed E-state index contributed by atoms with van der Waals surface area (Å²) in [6.45, 7) is 18.3. The Balaban J connectivity index is 1.13. The molecule has 0 aliphatic carbocycles. The Morgan fingerprint density at radius 3 is 1.81 bits per heavy atom. The number of rotatable bonds is 11. The van der Waals surface area contributed by atoms with Crippen molar-refractivity contribution in [2.24, 2.45) is 0 Å². The van der Waals surface area contributed by atoms with Gasteiger partial charge in [0.05, 0.1) is 22.4 Å². The lowest BCUT2D eigenvalue weighted by molar-refractivity contribution is 0.483. The zero-order valence-electron chi connectivity index (χ0n) is 39.5. The van der Waals surface area contributed by atoms with Crippen LogP contribution in [-0.4, -0.2) is 16.2 Å². The monoisotopic (exact) mass is 886 g/mol. The molecule has 0 radical (unpaired) electrons. The summed E-state index contributed by atoms with van der Waals surface area (Å²) in [5.41, 5.74) is 14.8. The Morgan fingerprint density at radius 2 is 1.13 bits per heavy atom. The van der Waals surface area contributed by atoms with E-state index >= 15 is 0 Å². The number of fused-ring (bicyclic) bond motifs is 4. The van der Waals surface area contributed by atoms with Crippen LogP contribution in [0.15, 0.2) is 158 Å². The summed E-state index contributed by atoms with van der Waals surface area (Å²) in [5.74, 6) is 2.04. The van der Waals surface area contributed by atoms with Crippen molar-refractivity contribution in [3.8, 4) is 39.6 Å². The number of hydrogen-bond donors (Lipinski definition) is 0. The highest BCUT2D eigenvalue weighted by atomic mass is 19.1. The number of anilines is 4. The minimum atomic E-state index is -0.587. The number of pyridine rings is 1. The fourth-order valence-corrected chi connectivity index (χ4v) is 9.90. The molecule has 67 heavy (non-hydrogen) atoms. The van der Waals surface area contributed by atoms with Gasteiger partial charge in [-0.1, -0.05) is 110 Å². The molecule has 7 heteroatoms. The van der Waals surface area contributed by atoms with Gasteiger partial charge in [-0.3, -0.25) is 4.57 Å². The normalized spacial score (nSPS) is 12.7. The van der Waals surface area contributed by atoms with E-state index in [1.54, 1.807) is 0 Å². The van der Waals surface area contributed by atoms with E-state index in [4.69, 9.17) is 9.72 Å². The van der Waals surface area contributed by atoms with E-state index in [9.17, 15) is 8.78 Å². The zero-order valence-corrected chi connectivity index (χ0v) is 39.5. The summed E-state index contributed by atoms with van der Waals surface area (Å²) < 4.78 is 38.5. The van der Waals surface area contributed by atoms with Gasteiger partial charge in [-0.2, -0.15) is 0 Å². The predicted octanol–water partition coefficient (Wildman–Crippen LogP) is 17.3. The Morgan fingerprint density at radius 1 is 0.493 bits per heavy atom. The van der Waals surface area contributed by atoms with E-state index in [2.05, 4.69) is 185 Å². The van der Waals surface area contributed by atoms with Gasteiger partial charge in [0.15, 0.2) is 0 Å². The zero-order chi connectivity index (χ0) is 46.7. The molecule has 1 aliphatic rings. The highest BCUT2D eigenvalue weighted by Gasteiger charge is 2.33. The number of benzene rings is 7. The average Bonchev–Trinajstić information content (AvgIpc) is 3.86. The molecule has 0 saturated carbocycles. The third-order valence-electron chi connectivity index (χ3n) is 13.3. The Labute approximate surface area is 392 Å². The van der Waals surface area contributed by atoms with Crippen LogP contribution in [0.2, 0.25) is 0 Å². The van der Waals surface area contributed by atoms with Crippen molar-refractivity contribution in [2.45, 2.75) is 79.1 Å². The minimum Gasteiger partial charge on any atom is -0.457 e. The van der Waals surface area contributed by atoms with Crippen LogP contribution in [-0.2, 0) is 0 Å². The maximum Gasteiger partial charge on any atom is 0.137 e. The van der Waals surface area contributed by atoms with Crippen LogP contribution in [0.4, 0.5) is 31.5 Å². The van der Waals surface area contributed by atoms with E-state index in [1.807, 2.05) is 24.4 Å². The molecule has 1 aliphatic heterocycles. The van der Waals surface area contributed by atoms with Gasteiger partial charge < -0.3 is 14.5 Å². The Kier molecular flexibility index (Phi) is 11.4. The number of para-hydroxylation sites is 3. The molecule has 3 heterocycles. The number of hydrogen-bond acceptors (Lipinski definition) is 4. The molecule has 336 valence electrons. The van der Waals surface area contributed by atoms with E-state index in [-0.39, 0.29) is 17.8 Å². The average molecular weight is 887 g/mol. The van der Waals surface area contributed by atoms with Gasteiger partial charge in [0.25, 0.3) is 0 Å². The number of ether oxygens (including phenoxy) is 1. The van der Waals surface area contributed by atoms with Crippen molar-refractivity contribution >= 4 is 44.6 Å². The van der Waals surface area contributed by atoms with Gasteiger partial charge in [0.2, 0.25) is 0 Å². The highest BCUT2D eigenvalue weighted by Crippen LogP contribution is 2.51. The summed E-state index contributed by atoms with van der Waals surface area (Å²) in [7, 11) is 0. The van der Waals surface area contributed by atoms with Crippen molar-refractivity contribution in [2.75, 3.05) is 16.5 Å². The Bertz CT molecular complexity index is 3260. The minimum absolute atomic E-state index is 0.118. The molecule has 5 nitrogen and oxygen atoms in total. The molecule has 0 atom stereocenters. The molecule has 7 aromatic carbocycles. The highest BCUT2D eigenvalue weighted by molar-refractivity contribution is 6.09. The van der Waals surface area contributed by atoms with Gasteiger partial charge in [-0.05, 0) is 147 Å². The van der Waals surface area contributed by atoms with E-state index in [0.29, 0.717) is 18.2 Å². The molecule has 10 rings (SSSR count). The van der Waals surface area contributed by atoms with Crippen molar-refractivity contribution in [1.82, 2.24) is 9.55 Å². The van der Waals surface area contributed by atoms with Crippen LogP contribution in [0.1, 0.15) is 101 Å². The number of nitrogens with zero attached hydrogens (tertiary/aromatic N) is 4. The quantitative estimate of drug-likeness (QED) is 0.130. The first-order chi connectivity index (χ1) is 32.3. The summed E-state index contributed by atoms with van der Waals surface area (Å²) in [6.07, 6.45) is 1.83. The molecule has 0 saturated heterocycles. The summed E-state index contributed by atoms with van der Waals surface area (Å²) in [6, 6.07) is 51.0. The molecule has 0 N–H and O–H groups in total. The molecule has 0 bridgehead atoms. The van der Waals surface area contributed by atoms with Gasteiger partial charge in [0.1, 0.15) is 35.6 Å². The fourth-order valence-electron chi connectivity index (χ4n) is 9.90. The molecule has 2 aromatic heterocycles. The molecular weight excluding hydrogens is 831 g/mol. The SMILES string of the molecule is CC(C)c1ccc(-c2cc(Oc3ccc4c5ccccc5n(-c5ccccn5)c4c3)cc(N3CN(c4c(C(C)C)cc(-c5cc(F)cc(F)c5)cc4C(C)C)c4ccccc43)c2)c(C(C)C)c1. The molecule has 0 fully saturated rings. The third-order valence-corrected chi connectivity index (χ3v) is 13.3. The molecular formula is C60H56F2N4O. The van der Waals surface area contributed by atoms with E-state index in [1.165, 1.54) is 28.8 Å². The predicted molar refractivity (Wildman–Crippen MR) is 274 cm³/mol. The lowest BCUT2D eigenvalue weighted by Crippen LogP contribution is -2.26. The van der Waals surface area contributed by atoms with Gasteiger partial charge in [0, 0.05) is 46.5 Å². The second kappa shape index (κ2) is 17.5. The van der Waals surface area contributed by atoms with Crippen molar-refractivity contribution in [3.63, 3.8) is 0 Å². The van der Waals surface area contributed by atoms with Crippen molar-refractivity contribution in [1.29, 1.82) is 0 Å². The smallest absolute Gasteiger partial charge is 0.137 e. The lowest BCUT2D eigenvalue weighted by atomic mass is 9.87.